The number of phenols is 1. The molecule has 0 aliphatic heterocycles. The van der Waals surface area contributed by atoms with Crippen molar-refractivity contribution >= 4 is 24.8 Å². The Bertz CT molecular complexity index is 1210. The minimum Gasteiger partial charge on any atom is -0.507 e. The van der Waals surface area contributed by atoms with E-state index in [0.29, 0.717) is 36.8 Å². The highest BCUT2D eigenvalue weighted by atomic mass is 35.5. The van der Waals surface area contributed by atoms with Crippen molar-refractivity contribution in [3.8, 4) is 23.0 Å². The third-order valence-electron chi connectivity index (χ3n) is 6.68. The minimum atomic E-state index is -0.216. The number of hydrogen-bond acceptors (Lipinski definition) is 6. The zero-order valence-electron chi connectivity index (χ0n) is 27.0. The normalized spacial score (nSPS) is 11.6. The number of aromatic hydroxyl groups is 1. The second kappa shape index (κ2) is 16.5. The number of nitrogens with one attached hydrogen (secondary N) is 2. The van der Waals surface area contributed by atoms with Crippen molar-refractivity contribution in [2.75, 3.05) is 6.61 Å². The Labute approximate surface area is 265 Å². The summed E-state index contributed by atoms with van der Waals surface area (Å²) in [5, 5.41) is 18.0. The Kier molecular flexibility index (Phi) is 15.6. The monoisotopic (exact) mass is 625 g/mol. The molecule has 3 rings (SSSR count). The Morgan fingerprint density at radius 3 is 1.93 bits per heavy atom. The minimum absolute atomic E-state index is 0. The number of oxazole rings is 1. The van der Waals surface area contributed by atoms with Gasteiger partial charge in [-0.25, -0.2) is 4.98 Å². The number of hydrogen-bond donors (Lipinski definition) is 3. The van der Waals surface area contributed by atoms with Gasteiger partial charge in [-0.1, -0.05) is 75.3 Å². The first kappa shape index (κ1) is 39.7. The van der Waals surface area contributed by atoms with Crippen molar-refractivity contribution in [3.63, 3.8) is 0 Å². The Morgan fingerprint density at radius 2 is 1.40 bits per heavy atom. The number of ether oxygens (including phenoxy) is 1. The molecule has 0 saturated carbocycles. The van der Waals surface area contributed by atoms with Crippen LogP contribution in [0.15, 0.2) is 41.0 Å². The Balaban J connectivity index is 0.00000560. The number of rotatable bonds is 11. The van der Waals surface area contributed by atoms with Crippen LogP contribution in [-0.2, 0) is 30.3 Å². The van der Waals surface area contributed by atoms with Crippen LogP contribution < -0.4 is 15.4 Å². The zero-order chi connectivity index (χ0) is 29.0. The summed E-state index contributed by atoms with van der Waals surface area (Å²) in [5.74, 6) is 1.81. The van der Waals surface area contributed by atoms with Gasteiger partial charge >= 0.3 is 0 Å². The van der Waals surface area contributed by atoms with E-state index in [-0.39, 0.29) is 41.1 Å². The van der Waals surface area contributed by atoms with E-state index in [0.717, 1.165) is 46.8 Å². The molecule has 0 fully saturated rings. The average molecular weight is 627 g/mol. The number of nitrogens with zero attached hydrogens (tertiary/aromatic N) is 1. The molecule has 0 amide bonds. The summed E-state index contributed by atoms with van der Waals surface area (Å²) in [6.45, 7) is 23.3. The summed E-state index contributed by atoms with van der Waals surface area (Å²) >= 11 is 0. The van der Waals surface area contributed by atoms with Gasteiger partial charge in [0.2, 0.25) is 5.89 Å². The van der Waals surface area contributed by atoms with Gasteiger partial charge in [-0.15, -0.1) is 24.8 Å². The van der Waals surface area contributed by atoms with Gasteiger partial charge in [0, 0.05) is 53.8 Å². The molecule has 42 heavy (non-hydrogen) atoms. The van der Waals surface area contributed by atoms with Crippen LogP contribution in [0.1, 0.15) is 97.2 Å². The van der Waals surface area contributed by atoms with Crippen molar-refractivity contribution in [2.45, 2.75) is 112 Å². The summed E-state index contributed by atoms with van der Waals surface area (Å²) in [7, 11) is 0. The van der Waals surface area contributed by atoms with Crippen LogP contribution in [0.5, 0.6) is 11.5 Å². The number of halogens is 2. The van der Waals surface area contributed by atoms with E-state index in [1.54, 1.807) is 6.26 Å². The molecule has 1 aromatic heterocycles. The van der Waals surface area contributed by atoms with Crippen molar-refractivity contribution in [3.05, 3.63) is 64.5 Å². The molecule has 5 N–H and O–H groups in total. The third kappa shape index (κ3) is 11.1. The van der Waals surface area contributed by atoms with Gasteiger partial charge in [0.05, 0.1) is 12.3 Å². The molecular formula is C33H53Cl2N3O4. The van der Waals surface area contributed by atoms with E-state index in [9.17, 15) is 5.11 Å². The van der Waals surface area contributed by atoms with Crippen molar-refractivity contribution in [2.24, 2.45) is 0 Å². The van der Waals surface area contributed by atoms with Crippen LogP contribution in [0.25, 0.3) is 11.5 Å². The molecule has 0 atom stereocenters. The number of aromatic nitrogens is 1. The zero-order valence-corrected chi connectivity index (χ0v) is 28.6. The lowest BCUT2D eigenvalue weighted by Crippen LogP contribution is -2.23. The summed E-state index contributed by atoms with van der Waals surface area (Å²) in [5.41, 5.74) is 5.47. The van der Waals surface area contributed by atoms with E-state index in [2.05, 4.69) is 98.1 Å². The average Bonchev–Trinajstić information content (AvgIpc) is 3.29. The van der Waals surface area contributed by atoms with Crippen LogP contribution in [-0.4, -0.2) is 34.3 Å². The van der Waals surface area contributed by atoms with Gasteiger partial charge < -0.3 is 30.4 Å². The van der Waals surface area contributed by atoms with E-state index < -0.39 is 0 Å². The second-order valence-electron chi connectivity index (χ2n) is 13.2. The first-order valence-electron chi connectivity index (χ1n) is 14.2. The van der Waals surface area contributed by atoms with Crippen molar-refractivity contribution < 1.29 is 19.7 Å². The van der Waals surface area contributed by atoms with Crippen molar-refractivity contribution in [1.82, 2.24) is 15.6 Å². The van der Waals surface area contributed by atoms with Crippen LogP contribution in [0.3, 0.4) is 0 Å². The summed E-state index contributed by atoms with van der Waals surface area (Å²) in [6.07, 6.45) is 2.34. The van der Waals surface area contributed by atoms with Gasteiger partial charge in [0.15, 0.2) is 0 Å². The predicted octanol–water partition coefficient (Wildman–Crippen LogP) is 7.28. The smallest absolute Gasteiger partial charge is 0.226 e. The second-order valence-corrected chi connectivity index (χ2v) is 13.2. The van der Waals surface area contributed by atoms with Gasteiger partial charge in [0.1, 0.15) is 17.8 Å². The highest BCUT2D eigenvalue weighted by molar-refractivity contribution is 5.85. The molecule has 9 heteroatoms. The SMILES string of the molecule is CC(C)NCc1ccc(OCCc2coc(-c3cc(C(C)(C)C)c(O)c(C(C)(C)C)c3)n2)c(CNC(C)C)c1.Cl.Cl.O. The first-order chi connectivity index (χ1) is 18.1. The maximum atomic E-state index is 11.0. The van der Waals surface area contributed by atoms with E-state index >= 15 is 0 Å². The van der Waals surface area contributed by atoms with Gasteiger partial charge in [-0.3, -0.25) is 0 Å². The molecule has 1 heterocycles. The van der Waals surface area contributed by atoms with Crippen LogP contribution in [0.4, 0.5) is 0 Å². The van der Waals surface area contributed by atoms with Crippen LogP contribution in [0.2, 0.25) is 0 Å². The fourth-order valence-electron chi connectivity index (χ4n) is 4.38. The highest BCUT2D eigenvalue weighted by Gasteiger charge is 2.27. The molecule has 7 nitrogen and oxygen atoms in total. The van der Waals surface area contributed by atoms with E-state index in [1.807, 2.05) is 12.1 Å². The van der Waals surface area contributed by atoms with Gasteiger partial charge in [-0.05, 0) is 40.7 Å². The summed E-state index contributed by atoms with van der Waals surface area (Å²) < 4.78 is 12.2. The standard InChI is InChI=1S/C33H49N3O3.2ClH.H2O/c1-21(2)34-18-23-11-12-29(25(15-23)19-35-22(3)4)38-14-13-26-20-39-31(36-26)24-16-27(32(5,6)7)30(37)28(17-24)33(8,9)10;;;/h11-12,15-17,20-22,34-35,37H,13-14,18-19H2,1-10H3;2*1H;1H2. The molecule has 0 saturated heterocycles. The lowest BCUT2D eigenvalue weighted by Gasteiger charge is -2.27. The molecule has 2 aromatic carbocycles. The maximum Gasteiger partial charge on any atom is 0.226 e. The molecule has 0 spiro atoms. The molecule has 3 aromatic rings. The molecular weight excluding hydrogens is 573 g/mol. The van der Waals surface area contributed by atoms with Crippen LogP contribution >= 0.6 is 24.8 Å². The first-order valence-corrected chi connectivity index (χ1v) is 14.2. The number of phenolic OH excluding ortho intramolecular Hbond substituents is 1. The molecule has 0 bridgehead atoms. The Hall–Kier alpha value is -2.29. The molecule has 238 valence electrons. The molecule has 0 radical (unpaired) electrons. The van der Waals surface area contributed by atoms with Gasteiger partial charge in [0.25, 0.3) is 0 Å². The largest absolute Gasteiger partial charge is 0.507 e. The quantitative estimate of drug-likeness (QED) is 0.206. The lowest BCUT2D eigenvalue weighted by atomic mass is 9.78. The molecule has 0 aliphatic rings. The number of benzene rings is 2. The van der Waals surface area contributed by atoms with Crippen molar-refractivity contribution in [1.29, 1.82) is 0 Å². The third-order valence-corrected chi connectivity index (χ3v) is 6.68. The summed E-state index contributed by atoms with van der Waals surface area (Å²) in [6, 6.07) is 11.2. The lowest BCUT2D eigenvalue weighted by molar-refractivity contribution is 0.315. The molecule has 0 unspecified atom stereocenters. The van der Waals surface area contributed by atoms with E-state index in [4.69, 9.17) is 14.1 Å². The van der Waals surface area contributed by atoms with E-state index in [1.165, 1.54) is 5.56 Å². The van der Waals surface area contributed by atoms with Gasteiger partial charge in [-0.2, -0.15) is 0 Å². The fraction of sp³-hybridized carbons (Fsp3) is 0.545. The molecule has 0 aliphatic carbocycles. The topological polar surface area (TPSA) is 111 Å². The maximum absolute atomic E-state index is 11.0. The fourth-order valence-corrected chi connectivity index (χ4v) is 4.38. The van der Waals surface area contributed by atoms with Crippen LogP contribution in [0, 0.1) is 0 Å². The Morgan fingerprint density at radius 1 is 0.857 bits per heavy atom. The summed E-state index contributed by atoms with van der Waals surface area (Å²) in [4.78, 5) is 4.78. The highest BCUT2D eigenvalue weighted by Crippen LogP contribution is 2.41. The predicted molar refractivity (Wildman–Crippen MR) is 179 cm³/mol.